The standard InChI is InChI=1S/C25H24N4O4/c30-23(24(31)15-9-10-21-22(13-15)28-29-27-21)11-12-26-25(32)33-14-20-18-7-3-1-5-16(18)17-6-2-4-8-19(17)20/h1-10,13,20,23-24,30-31H,11-12,14H2,(H,26,32)(H,27,28,29). The molecule has 4 aromatic rings. The molecule has 0 fully saturated rings. The van der Waals surface area contributed by atoms with Crippen molar-refractivity contribution in [2.45, 2.75) is 24.5 Å². The zero-order chi connectivity index (χ0) is 22.8. The molecule has 8 heteroatoms. The van der Waals surface area contributed by atoms with Gasteiger partial charge in [0.05, 0.1) is 6.10 Å². The summed E-state index contributed by atoms with van der Waals surface area (Å²) in [6.45, 7) is 0.393. The summed E-state index contributed by atoms with van der Waals surface area (Å²) in [6, 6.07) is 21.4. The zero-order valence-corrected chi connectivity index (χ0v) is 17.8. The van der Waals surface area contributed by atoms with Gasteiger partial charge in [-0.05, 0) is 46.4 Å². The van der Waals surface area contributed by atoms with E-state index >= 15 is 0 Å². The number of aliphatic hydroxyl groups excluding tert-OH is 2. The molecule has 0 spiro atoms. The van der Waals surface area contributed by atoms with E-state index in [1.165, 1.54) is 11.1 Å². The Hall–Kier alpha value is -3.75. The highest BCUT2D eigenvalue weighted by molar-refractivity contribution is 5.79. The Morgan fingerprint density at radius 3 is 2.36 bits per heavy atom. The molecule has 0 saturated carbocycles. The minimum absolute atomic E-state index is 0.0120. The number of nitrogens with one attached hydrogen (secondary N) is 2. The molecule has 3 aromatic carbocycles. The SMILES string of the molecule is O=C(NCCC(O)C(O)c1ccc2n[nH]nc2c1)OCC1c2ccccc2-c2ccccc21. The van der Waals surface area contributed by atoms with E-state index in [0.717, 1.165) is 11.1 Å². The number of H-pyrrole nitrogens is 1. The highest BCUT2D eigenvalue weighted by Gasteiger charge is 2.29. The van der Waals surface area contributed by atoms with Crippen LogP contribution in [0.3, 0.4) is 0 Å². The lowest BCUT2D eigenvalue weighted by Gasteiger charge is -2.19. The number of hydrogen-bond donors (Lipinski definition) is 4. The maximum Gasteiger partial charge on any atom is 0.407 e. The zero-order valence-electron chi connectivity index (χ0n) is 17.8. The Balaban J connectivity index is 1.13. The maximum atomic E-state index is 12.3. The first-order valence-corrected chi connectivity index (χ1v) is 10.9. The highest BCUT2D eigenvalue weighted by atomic mass is 16.5. The number of carbonyl (C=O) groups is 1. The van der Waals surface area contributed by atoms with E-state index in [9.17, 15) is 15.0 Å². The number of nitrogens with zero attached hydrogens (tertiary/aromatic N) is 2. The molecule has 1 aliphatic rings. The van der Waals surface area contributed by atoms with Gasteiger partial charge in [0.15, 0.2) is 0 Å². The predicted molar refractivity (Wildman–Crippen MR) is 123 cm³/mol. The Bertz CT molecular complexity index is 1240. The largest absolute Gasteiger partial charge is 0.449 e. The lowest BCUT2D eigenvalue weighted by molar-refractivity contribution is 0.0137. The summed E-state index contributed by atoms with van der Waals surface area (Å²) in [7, 11) is 0. The predicted octanol–water partition coefficient (Wildman–Crippen LogP) is 3.28. The number of amides is 1. The second-order valence-corrected chi connectivity index (χ2v) is 8.12. The number of carbonyl (C=O) groups excluding carboxylic acids is 1. The summed E-state index contributed by atoms with van der Waals surface area (Å²) in [5, 5.41) is 33.9. The molecule has 1 aromatic heterocycles. The molecule has 5 rings (SSSR count). The van der Waals surface area contributed by atoms with E-state index in [1.54, 1.807) is 18.2 Å². The van der Waals surface area contributed by atoms with Crippen LogP contribution in [-0.2, 0) is 4.74 Å². The molecular formula is C25H24N4O4. The quantitative estimate of drug-likeness (QED) is 0.347. The van der Waals surface area contributed by atoms with Gasteiger partial charge in [0, 0.05) is 12.5 Å². The lowest BCUT2D eigenvalue weighted by atomic mass is 9.98. The number of benzene rings is 3. The van der Waals surface area contributed by atoms with Crippen LogP contribution in [0, 0.1) is 0 Å². The van der Waals surface area contributed by atoms with Crippen molar-refractivity contribution in [1.82, 2.24) is 20.7 Å². The van der Waals surface area contributed by atoms with Gasteiger partial charge >= 0.3 is 6.09 Å². The van der Waals surface area contributed by atoms with Crippen LogP contribution in [-0.4, -0.2) is 51.0 Å². The van der Waals surface area contributed by atoms with Crippen molar-refractivity contribution in [1.29, 1.82) is 0 Å². The van der Waals surface area contributed by atoms with Crippen LogP contribution < -0.4 is 5.32 Å². The third kappa shape index (κ3) is 4.18. The summed E-state index contributed by atoms with van der Waals surface area (Å²) < 4.78 is 5.49. The summed E-state index contributed by atoms with van der Waals surface area (Å²) >= 11 is 0. The number of aromatic nitrogens is 3. The monoisotopic (exact) mass is 444 g/mol. The van der Waals surface area contributed by atoms with Crippen molar-refractivity contribution in [2.24, 2.45) is 0 Å². The van der Waals surface area contributed by atoms with Crippen LogP contribution in [0.4, 0.5) is 4.79 Å². The molecule has 168 valence electrons. The number of aromatic amines is 1. The van der Waals surface area contributed by atoms with E-state index in [1.807, 2.05) is 24.3 Å². The van der Waals surface area contributed by atoms with Gasteiger partial charge < -0.3 is 20.3 Å². The Kier molecular flexibility index (Phi) is 5.77. The molecule has 0 aliphatic heterocycles. The van der Waals surface area contributed by atoms with Crippen LogP contribution in [0.15, 0.2) is 66.7 Å². The summed E-state index contributed by atoms with van der Waals surface area (Å²) in [5.74, 6) is -0.0120. The van der Waals surface area contributed by atoms with Crippen molar-refractivity contribution in [3.8, 4) is 11.1 Å². The molecule has 0 radical (unpaired) electrons. The first kappa shape index (κ1) is 21.1. The number of aliphatic hydroxyl groups is 2. The Labute approximate surface area is 190 Å². The third-order valence-electron chi connectivity index (χ3n) is 6.10. The van der Waals surface area contributed by atoms with Crippen molar-refractivity contribution in [3.05, 3.63) is 83.4 Å². The van der Waals surface area contributed by atoms with Gasteiger partial charge in [-0.3, -0.25) is 0 Å². The van der Waals surface area contributed by atoms with Crippen molar-refractivity contribution >= 4 is 17.1 Å². The van der Waals surface area contributed by atoms with Gasteiger partial charge in [-0.1, -0.05) is 54.6 Å². The van der Waals surface area contributed by atoms with Gasteiger partial charge in [0.25, 0.3) is 0 Å². The van der Waals surface area contributed by atoms with Crippen LogP contribution in [0.2, 0.25) is 0 Å². The van der Waals surface area contributed by atoms with Gasteiger partial charge in [0.1, 0.15) is 23.7 Å². The third-order valence-corrected chi connectivity index (χ3v) is 6.10. The Morgan fingerprint density at radius 1 is 0.970 bits per heavy atom. The molecule has 33 heavy (non-hydrogen) atoms. The molecular weight excluding hydrogens is 420 g/mol. The van der Waals surface area contributed by atoms with Crippen LogP contribution in [0.5, 0.6) is 0 Å². The number of hydrogen-bond acceptors (Lipinski definition) is 6. The number of rotatable bonds is 7. The topological polar surface area (TPSA) is 120 Å². The molecule has 1 heterocycles. The molecule has 4 N–H and O–H groups in total. The molecule has 2 atom stereocenters. The Morgan fingerprint density at radius 2 is 1.64 bits per heavy atom. The van der Waals surface area contributed by atoms with E-state index in [-0.39, 0.29) is 25.5 Å². The van der Waals surface area contributed by atoms with E-state index in [2.05, 4.69) is 45.0 Å². The van der Waals surface area contributed by atoms with Gasteiger partial charge in [-0.2, -0.15) is 15.4 Å². The number of fused-ring (bicyclic) bond motifs is 4. The second-order valence-electron chi connectivity index (χ2n) is 8.12. The average molecular weight is 444 g/mol. The van der Waals surface area contributed by atoms with E-state index in [0.29, 0.717) is 16.6 Å². The van der Waals surface area contributed by atoms with Crippen molar-refractivity contribution in [2.75, 3.05) is 13.2 Å². The van der Waals surface area contributed by atoms with Crippen LogP contribution in [0.1, 0.15) is 35.1 Å². The first-order chi connectivity index (χ1) is 16.1. The normalized spacial score (nSPS) is 14.5. The molecule has 1 amide bonds. The number of ether oxygens (including phenoxy) is 1. The average Bonchev–Trinajstić information content (AvgIpc) is 3.44. The molecule has 2 unspecified atom stereocenters. The molecule has 0 saturated heterocycles. The van der Waals surface area contributed by atoms with Crippen molar-refractivity contribution in [3.63, 3.8) is 0 Å². The molecule has 0 bridgehead atoms. The van der Waals surface area contributed by atoms with Crippen molar-refractivity contribution < 1.29 is 19.7 Å². The van der Waals surface area contributed by atoms with Crippen LogP contribution >= 0.6 is 0 Å². The minimum atomic E-state index is -1.10. The number of alkyl carbamates (subject to hydrolysis) is 1. The summed E-state index contributed by atoms with van der Waals surface area (Å²) in [4.78, 5) is 12.3. The minimum Gasteiger partial charge on any atom is -0.449 e. The maximum absolute atomic E-state index is 12.3. The molecule has 1 aliphatic carbocycles. The van der Waals surface area contributed by atoms with E-state index < -0.39 is 18.3 Å². The fraction of sp³-hybridized carbons (Fsp3) is 0.240. The summed E-state index contributed by atoms with van der Waals surface area (Å²) in [6.07, 6.45) is -2.54. The van der Waals surface area contributed by atoms with Gasteiger partial charge in [0.2, 0.25) is 0 Å². The summed E-state index contributed by atoms with van der Waals surface area (Å²) in [5.41, 5.74) is 6.45. The first-order valence-electron chi connectivity index (χ1n) is 10.9. The van der Waals surface area contributed by atoms with Gasteiger partial charge in [-0.15, -0.1) is 0 Å². The lowest BCUT2D eigenvalue weighted by Crippen LogP contribution is -2.30. The fourth-order valence-corrected chi connectivity index (χ4v) is 4.39. The smallest absolute Gasteiger partial charge is 0.407 e. The second kappa shape index (κ2) is 9.01. The highest BCUT2D eigenvalue weighted by Crippen LogP contribution is 2.44. The van der Waals surface area contributed by atoms with Crippen LogP contribution in [0.25, 0.3) is 22.2 Å². The van der Waals surface area contributed by atoms with Gasteiger partial charge in [-0.25, -0.2) is 4.79 Å². The molecule has 8 nitrogen and oxygen atoms in total. The fourth-order valence-electron chi connectivity index (χ4n) is 4.39. The van der Waals surface area contributed by atoms with E-state index in [4.69, 9.17) is 4.74 Å².